The van der Waals surface area contributed by atoms with Crippen LogP contribution in [0.3, 0.4) is 0 Å². The van der Waals surface area contributed by atoms with Crippen molar-refractivity contribution in [2.45, 2.75) is 12.1 Å². The number of carbonyl (C=O) groups excluding carboxylic acids is 1. The number of sulfone groups is 1. The molecular weight excluding hydrogens is 368 g/mol. The fourth-order valence-electron chi connectivity index (χ4n) is 3.88. The molecule has 4 rings (SSSR count). The molecule has 0 saturated carbocycles. The number of para-hydroxylation sites is 2. The Morgan fingerprint density at radius 1 is 0.926 bits per heavy atom. The van der Waals surface area contributed by atoms with Gasteiger partial charge in [-0.1, -0.05) is 18.2 Å². The molecule has 2 saturated heterocycles. The van der Waals surface area contributed by atoms with Crippen molar-refractivity contribution in [3.8, 4) is 11.5 Å². The van der Waals surface area contributed by atoms with E-state index in [4.69, 9.17) is 9.47 Å². The highest BCUT2D eigenvalue weighted by molar-refractivity contribution is 7.91. The second-order valence-corrected chi connectivity index (χ2v) is 8.76. The van der Waals surface area contributed by atoms with Crippen LogP contribution in [0.5, 0.6) is 11.5 Å². The van der Waals surface area contributed by atoms with Crippen LogP contribution in [0.2, 0.25) is 0 Å². The van der Waals surface area contributed by atoms with Gasteiger partial charge in [0.1, 0.15) is 11.5 Å². The minimum Gasteiger partial charge on any atom is -0.497 e. The highest BCUT2D eigenvalue weighted by atomic mass is 32.2. The zero-order valence-corrected chi connectivity index (χ0v) is 15.8. The van der Waals surface area contributed by atoms with Gasteiger partial charge in [0, 0.05) is 11.8 Å². The Labute approximate surface area is 158 Å². The second kappa shape index (κ2) is 6.45. The first-order chi connectivity index (χ1) is 12.9. The molecule has 2 aromatic carbocycles. The summed E-state index contributed by atoms with van der Waals surface area (Å²) in [5, 5.41) is 0. The topological polar surface area (TPSA) is 76.2 Å². The maximum absolute atomic E-state index is 13.4. The number of hydrogen-bond acceptors (Lipinski definition) is 5. The summed E-state index contributed by atoms with van der Waals surface area (Å²) in [6, 6.07) is 13.0. The van der Waals surface area contributed by atoms with E-state index in [0.717, 1.165) is 0 Å². The molecule has 0 aliphatic carbocycles. The Morgan fingerprint density at radius 2 is 1.63 bits per heavy atom. The van der Waals surface area contributed by atoms with Crippen molar-refractivity contribution >= 4 is 27.2 Å². The van der Waals surface area contributed by atoms with Crippen molar-refractivity contribution in [3.63, 3.8) is 0 Å². The van der Waals surface area contributed by atoms with Crippen molar-refractivity contribution in [3.05, 3.63) is 48.5 Å². The Balaban J connectivity index is 1.83. The Morgan fingerprint density at radius 3 is 2.33 bits per heavy atom. The number of carbonyl (C=O) groups is 1. The van der Waals surface area contributed by atoms with E-state index in [1.807, 2.05) is 6.07 Å². The first-order valence-corrected chi connectivity index (χ1v) is 10.4. The van der Waals surface area contributed by atoms with Crippen LogP contribution in [0.25, 0.3) is 0 Å². The van der Waals surface area contributed by atoms with Gasteiger partial charge in [0.15, 0.2) is 9.84 Å². The van der Waals surface area contributed by atoms with Gasteiger partial charge in [-0.05, 0) is 24.3 Å². The molecule has 0 N–H and O–H groups in total. The third kappa shape index (κ3) is 2.90. The number of urea groups is 1. The first kappa shape index (κ1) is 17.7. The van der Waals surface area contributed by atoms with E-state index in [2.05, 4.69) is 0 Å². The van der Waals surface area contributed by atoms with Crippen molar-refractivity contribution in [1.82, 2.24) is 0 Å². The molecule has 142 valence electrons. The minimum absolute atomic E-state index is 0.0632. The molecule has 0 spiro atoms. The van der Waals surface area contributed by atoms with Gasteiger partial charge < -0.3 is 9.47 Å². The van der Waals surface area contributed by atoms with Gasteiger partial charge in [-0.25, -0.2) is 13.2 Å². The van der Waals surface area contributed by atoms with Crippen LogP contribution in [0, 0.1) is 0 Å². The number of nitrogens with zero attached hydrogens (tertiary/aromatic N) is 2. The number of methoxy groups -OCH3 is 2. The summed E-state index contributed by atoms with van der Waals surface area (Å²) >= 11 is 0. The number of fused-ring (bicyclic) bond motifs is 1. The molecule has 2 aromatic rings. The number of benzene rings is 2. The molecular formula is C19H20N2O5S. The molecule has 2 unspecified atom stereocenters. The highest BCUT2D eigenvalue weighted by Crippen LogP contribution is 2.41. The summed E-state index contributed by atoms with van der Waals surface area (Å²) in [6.07, 6.45) is 0. The number of ether oxygens (including phenoxy) is 2. The molecule has 2 heterocycles. The lowest BCUT2D eigenvalue weighted by Crippen LogP contribution is -2.38. The molecule has 2 aliphatic rings. The predicted molar refractivity (Wildman–Crippen MR) is 103 cm³/mol. The van der Waals surface area contributed by atoms with Gasteiger partial charge in [-0.3, -0.25) is 9.80 Å². The third-order valence-corrected chi connectivity index (χ3v) is 6.74. The van der Waals surface area contributed by atoms with E-state index in [-0.39, 0.29) is 17.5 Å². The van der Waals surface area contributed by atoms with Crippen LogP contribution < -0.4 is 19.3 Å². The molecule has 0 bridgehead atoms. The van der Waals surface area contributed by atoms with Crippen molar-refractivity contribution in [2.24, 2.45) is 0 Å². The molecule has 8 heteroatoms. The largest absolute Gasteiger partial charge is 0.497 e. The molecule has 0 aromatic heterocycles. The fourth-order valence-corrected chi connectivity index (χ4v) is 5.80. The Hall–Kier alpha value is -2.74. The summed E-state index contributed by atoms with van der Waals surface area (Å²) in [6.45, 7) is 0. The van der Waals surface area contributed by atoms with Crippen molar-refractivity contribution in [2.75, 3.05) is 35.5 Å². The standard InChI is InChI=1S/C19H20N2O5S/c1-25-14-7-5-6-13(10-14)20-16-11-27(23,24)12-17(16)21(19(20)22)15-8-3-4-9-18(15)26-2/h3-10,16-17H,11-12H2,1-2H3. The summed E-state index contributed by atoms with van der Waals surface area (Å²) < 4.78 is 35.4. The third-order valence-electron chi connectivity index (χ3n) is 5.05. The van der Waals surface area contributed by atoms with Crippen LogP contribution in [0.4, 0.5) is 16.2 Å². The highest BCUT2D eigenvalue weighted by Gasteiger charge is 2.55. The SMILES string of the molecule is COc1cccc(N2C(=O)N(c3ccccc3OC)C3CS(=O)(=O)CC32)c1. The first-order valence-electron chi connectivity index (χ1n) is 8.55. The van der Waals surface area contributed by atoms with Crippen LogP contribution in [0.15, 0.2) is 48.5 Å². The quantitative estimate of drug-likeness (QED) is 0.752. The van der Waals surface area contributed by atoms with Gasteiger partial charge in [-0.15, -0.1) is 0 Å². The monoisotopic (exact) mass is 388 g/mol. The average molecular weight is 388 g/mol. The molecule has 0 radical (unpaired) electrons. The molecule has 2 aliphatic heterocycles. The maximum Gasteiger partial charge on any atom is 0.329 e. The predicted octanol–water partition coefficient (Wildman–Crippen LogP) is 2.32. The summed E-state index contributed by atoms with van der Waals surface area (Å²) in [4.78, 5) is 16.5. The molecule has 2 atom stereocenters. The van der Waals surface area contributed by atoms with Gasteiger partial charge in [0.2, 0.25) is 0 Å². The van der Waals surface area contributed by atoms with Crippen molar-refractivity contribution < 1.29 is 22.7 Å². The molecule has 7 nitrogen and oxygen atoms in total. The van der Waals surface area contributed by atoms with E-state index in [1.54, 1.807) is 59.4 Å². The van der Waals surface area contributed by atoms with Crippen LogP contribution in [0.1, 0.15) is 0 Å². The summed E-state index contributed by atoms with van der Waals surface area (Å²) in [5.41, 5.74) is 1.19. The lowest BCUT2D eigenvalue weighted by molar-refractivity contribution is 0.255. The Kier molecular flexibility index (Phi) is 4.22. The van der Waals surface area contributed by atoms with Gasteiger partial charge in [-0.2, -0.15) is 0 Å². The van der Waals surface area contributed by atoms with Crippen LogP contribution in [-0.4, -0.2) is 52.3 Å². The minimum atomic E-state index is -3.25. The molecule has 27 heavy (non-hydrogen) atoms. The number of amides is 2. The maximum atomic E-state index is 13.4. The van der Waals surface area contributed by atoms with E-state index < -0.39 is 21.9 Å². The van der Waals surface area contributed by atoms with E-state index in [1.165, 1.54) is 7.11 Å². The van der Waals surface area contributed by atoms with Crippen LogP contribution >= 0.6 is 0 Å². The van der Waals surface area contributed by atoms with E-state index in [9.17, 15) is 13.2 Å². The van der Waals surface area contributed by atoms with Gasteiger partial charge in [0.25, 0.3) is 0 Å². The fraction of sp³-hybridized carbons (Fsp3) is 0.316. The lowest BCUT2D eigenvalue weighted by atomic mass is 10.1. The summed E-state index contributed by atoms with van der Waals surface area (Å²) in [7, 11) is -0.173. The average Bonchev–Trinajstić information content (AvgIpc) is 3.10. The molecule has 2 fully saturated rings. The van der Waals surface area contributed by atoms with Crippen molar-refractivity contribution in [1.29, 1.82) is 0 Å². The van der Waals surface area contributed by atoms with Gasteiger partial charge >= 0.3 is 6.03 Å². The lowest BCUT2D eigenvalue weighted by Gasteiger charge is -2.24. The number of hydrogen-bond donors (Lipinski definition) is 0. The zero-order valence-electron chi connectivity index (χ0n) is 15.0. The second-order valence-electron chi connectivity index (χ2n) is 6.61. The van der Waals surface area contributed by atoms with E-state index in [0.29, 0.717) is 22.9 Å². The molecule has 2 amide bonds. The summed E-state index contributed by atoms with van der Waals surface area (Å²) in [5.74, 6) is 1.00. The number of anilines is 2. The number of rotatable bonds is 4. The zero-order chi connectivity index (χ0) is 19.2. The van der Waals surface area contributed by atoms with Crippen LogP contribution in [-0.2, 0) is 9.84 Å². The smallest absolute Gasteiger partial charge is 0.329 e. The normalized spacial score (nSPS) is 23.4. The van der Waals surface area contributed by atoms with Gasteiger partial charge in [0.05, 0.1) is 43.5 Å². The van der Waals surface area contributed by atoms with E-state index >= 15 is 0 Å². The Bertz CT molecular complexity index is 991.